The first-order valence-corrected chi connectivity index (χ1v) is 7.48. The van der Waals surface area contributed by atoms with Gasteiger partial charge in [-0.2, -0.15) is 5.10 Å². The van der Waals surface area contributed by atoms with Gasteiger partial charge < -0.3 is 10.1 Å². The van der Waals surface area contributed by atoms with E-state index in [4.69, 9.17) is 0 Å². The summed E-state index contributed by atoms with van der Waals surface area (Å²) in [4.78, 5) is 22.5. The molecule has 116 valence electrons. The van der Waals surface area contributed by atoms with Crippen LogP contribution in [0.5, 0.6) is 0 Å². The Morgan fingerprint density at radius 1 is 1.32 bits per heavy atom. The molecule has 1 unspecified atom stereocenters. The summed E-state index contributed by atoms with van der Waals surface area (Å²) in [7, 11) is 1.38. The molecule has 1 atom stereocenters. The van der Waals surface area contributed by atoms with Crippen LogP contribution in [-0.4, -0.2) is 30.9 Å². The molecule has 1 aromatic rings. The molecule has 0 saturated carbocycles. The minimum absolute atomic E-state index is 0.0292. The minimum atomic E-state index is -0.377. The number of hydrogen-bond donors (Lipinski definition) is 2. The number of aryl methyl sites for hydroxylation is 1. The fraction of sp³-hybridized carbons (Fsp3) is 0.438. The molecule has 1 aliphatic carbocycles. The van der Waals surface area contributed by atoms with Gasteiger partial charge >= 0.3 is 6.09 Å². The summed E-state index contributed by atoms with van der Waals surface area (Å²) in [6, 6.07) is 6.40. The van der Waals surface area contributed by atoms with E-state index >= 15 is 0 Å². The van der Waals surface area contributed by atoms with Gasteiger partial charge in [0.05, 0.1) is 12.8 Å². The van der Waals surface area contributed by atoms with Gasteiger partial charge in [-0.25, -0.2) is 10.2 Å². The Morgan fingerprint density at radius 2 is 2.18 bits per heavy atom. The number of carbonyl (C=O) groups is 2. The second-order valence-corrected chi connectivity index (χ2v) is 5.65. The third-order valence-electron chi connectivity index (χ3n) is 4.18. The van der Waals surface area contributed by atoms with Gasteiger partial charge in [-0.15, -0.1) is 0 Å². The van der Waals surface area contributed by atoms with Gasteiger partial charge in [0.25, 0.3) is 0 Å². The molecule has 2 aliphatic rings. The molecule has 0 aromatic heterocycles. The average Bonchev–Trinajstić information content (AvgIpc) is 2.55. The fourth-order valence-corrected chi connectivity index (χ4v) is 2.97. The van der Waals surface area contributed by atoms with Crippen LogP contribution in [0.15, 0.2) is 23.3 Å². The molecular formula is C16H19N3O3. The van der Waals surface area contributed by atoms with Crippen LogP contribution >= 0.6 is 0 Å². The maximum atomic E-state index is 11.3. The molecule has 1 aliphatic heterocycles. The number of nitrogens with one attached hydrogen (secondary N) is 2. The maximum absolute atomic E-state index is 11.3. The molecule has 0 spiro atoms. The van der Waals surface area contributed by atoms with Crippen molar-refractivity contribution in [2.45, 2.75) is 38.1 Å². The molecule has 0 fully saturated rings. The third-order valence-corrected chi connectivity index (χ3v) is 4.18. The summed E-state index contributed by atoms with van der Waals surface area (Å²) in [5.74, 6) is -0.0292. The molecule has 0 bridgehead atoms. The number of rotatable bonds is 2. The van der Waals surface area contributed by atoms with Gasteiger partial charge in [0.2, 0.25) is 5.91 Å². The van der Waals surface area contributed by atoms with Crippen molar-refractivity contribution < 1.29 is 14.3 Å². The highest BCUT2D eigenvalue weighted by molar-refractivity contribution is 6.04. The molecular weight excluding hydrogens is 282 g/mol. The van der Waals surface area contributed by atoms with Crippen molar-refractivity contribution in [3.05, 3.63) is 34.9 Å². The number of hydrazone groups is 1. The standard InChI is InChI=1S/C16H19N3O3/c1-22-16(21)17-13-5-4-10-8-12(3-2-11(10)9-13)14-6-7-15(20)19-18-14/h2-3,8,13H,4-7,9H2,1H3,(H,17,21)(H,19,20). The maximum Gasteiger partial charge on any atom is 0.407 e. The van der Waals surface area contributed by atoms with E-state index in [1.54, 1.807) is 0 Å². The van der Waals surface area contributed by atoms with Crippen LogP contribution in [0.2, 0.25) is 0 Å². The van der Waals surface area contributed by atoms with Crippen molar-refractivity contribution in [2.75, 3.05) is 7.11 Å². The fourth-order valence-electron chi connectivity index (χ4n) is 2.97. The lowest BCUT2D eigenvalue weighted by atomic mass is 9.86. The Hall–Kier alpha value is -2.37. The van der Waals surface area contributed by atoms with Crippen molar-refractivity contribution >= 4 is 17.7 Å². The number of benzene rings is 1. The van der Waals surface area contributed by atoms with E-state index in [1.165, 1.54) is 18.2 Å². The average molecular weight is 301 g/mol. The van der Waals surface area contributed by atoms with Crippen molar-refractivity contribution in [1.82, 2.24) is 10.7 Å². The Bertz CT molecular complexity index is 640. The topological polar surface area (TPSA) is 79.8 Å². The first kappa shape index (κ1) is 14.6. The summed E-state index contributed by atoms with van der Waals surface area (Å²) in [6.07, 6.45) is 3.41. The van der Waals surface area contributed by atoms with E-state index in [1.807, 2.05) is 6.07 Å². The molecule has 22 heavy (non-hydrogen) atoms. The van der Waals surface area contributed by atoms with E-state index in [2.05, 4.69) is 32.7 Å². The van der Waals surface area contributed by atoms with Crippen molar-refractivity contribution in [3.63, 3.8) is 0 Å². The minimum Gasteiger partial charge on any atom is -0.453 e. The summed E-state index contributed by atoms with van der Waals surface area (Å²) < 4.78 is 4.65. The van der Waals surface area contributed by atoms with Crippen LogP contribution < -0.4 is 10.7 Å². The Kier molecular flexibility index (Phi) is 4.09. The van der Waals surface area contributed by atoms with Crippen LogP contribution in [0, 0.1) is 0 Å². The van der Waals surface area contributed by atoms with Gasteiger partial charge in [0.15, 0.2) is 0 Å². The van der Waals surface area contributed by atoms with E-state index in [0.717, 1.165) is 30.5 Å². The molecule has 2 N–H and O–H groups in total. The molecule has 0 saturated heterocycles. The number of methoxy groups -OCH3 is 1. The van der Waals surface area contributed by atoms with Crippen LogP contribution in [0.4, 0.5) is 4.79 Å². The first-order chi connectivity index (χ1) is 10.7. The highest BCUT2D eigenvalue weighted by atomic mass is 16.5. The molecule has 6 nitrogen and oxygen atoms in total. The molecule has 1 aromatic carbocycles. The lowest BCUT2D eigenvalue weighted by Gasteiger charge is -2.25. The normalized spacial score (nSPS) is 20.5. The predicted octanol–water partition coefficient (Wildman–Crippen LogP) is 1.51. The Morgan fingerprint density at radius 3 is 2.91 bits per heavy atom. The number of fused-ring (bicyclic) bond motifs is 1. The van der Waals surface area contributed by atoms with Gasteiger partial charge in [0, 0.05) is 18.9 Å². The zero-order chi connectivity index (χ0) is 15.5. The molecule has 1 heterocycles. The van der Waals surface area contributed by atoms with Gasteiger partial charge in [-0.1, -0.05) is 12.1 Å². The molecule has 3 rings (SSSR count). The number of ether oxygens (including phenoxy) is 1. The predicted molar refractivity (Wildman–Crippen MR) is 81.7 cm³/mol. The first-order valence-electron chi connectivity index (χ1n) is 7.48. The summed E-state index contributed by atoms with van der Waals surface area (Å²) in [5.41, 5.74) is 7.07. The number of amides is 2. The number of alkyl carbamates (subject to hydrolysis) is 1. The van der Waals surface area contributed by atoms with Crippen LogP contribution in [-0.2, 0) is 22.4 Å². The molecule has 6 heteroatoms. The lowest BCUT2D eigenvalue weighted by Crippen LogP contribution is -2.38. The van der Waals surface area contributed by atoms with Crippen LogP contribution in [0.1, 0.15) is 36.0 Å². The van der Waals surface area contributed by atoms with Crippen molar-refractivity contribution in [1.29, 1.82) is 0 Å². The SMILES string of the molecule is COC(=O)NC1CCc2cc(C3=NNC(=O)CC3)ccc2C1. The number of nitrogens with zero attached hydrogens (tertiary/aromatic N) is 1. The second kappa shape index (κ2) is 6.17. The smallest absolute Gasteiger partial charge is 0.407 e. The van der Waals surface area contributed by atoms with E-state index in [-0.39, 0.29) is 18.0 Å². The zero-order valence-electron chi connectivity index (χ0n) is 12.5. The van der Waals surface area contributed by atoms with E-state index in [0.29, 0.717) is 12.8 Å². The van der Waals surface area contributed by atoms with Crippen molar-refractivity contribution in [3.8, 4) is 0 Å². The summed E-state index contributed by atoms with van der Waals surface area (Å²) in [6.45, 7) is 0. The number of carbonyl (C=O) groups excluding carboxylic acids is 2. The van der Waals surface area contributed by atoms with Gasteiger partial charge in [-0.3, -0.25) is 4.79 Å². The third kappa shape index (κ3) is 3.10. The monoisotopic (exact) mass is 301 g/mol. The van der Waals surface area contributed by atoms with Crippen LogP contribution in [0.3, 0.4) is 0 Å². The van der Waals surface area contributed by atoms with E-state index in [9.17, 15) is 9.59 Å². The van der Waals surface area contributed by atoms with Gasteiger partial charge in [0.1, 0.15) is 0 Å². The lowest BCUT2D eigenvalue weighted by molar-refractivity contribution is -0.121. The highest BCUT2D eigenvalue weighted by Crippen LogP contribution is 2.24. The summed E-state index contributed by atoms with van der Waals surface area (Å²) in [5, 5.41) is 7.00. The van der Waals surface area contributed by atoms with Crippen LogP contribution in [0.25, 0.3) is 0 Å². The second-order valence-electron chi connectivity index (χ2n) is 5.65. The van der Waals surface area contributed by atoms with E-state index < -0.39 is 0 Å². The summed E-state index contributed by atoms with van der Waals surface area (Å²) >= 11 is 0. The Labute approximate surface area is 128 Å². The number of hydrogen-bond acceptors (Lipinski definition) is 4. The zero-order valence-corrected chi connectivity index (χ0v) is 12.5. The molecule has 0 radical (unpaired) electrons. The largest absolute Gasteiger partial charge is 0.453 e. The molecule has 2 amide bonds. The van der Waals surface area contributed by atoms with Gasteiger partial charge in [-0.05, 0) is 42.0 Å². The Balaban J connectivity index is 1.73. The quantitative estimate of drug-likeness (QED) is 0.869. The highest BCUT2D eigenvalue weighted by Gasteiger charge is 2.22. The van der Waals surface area contributed by atoms with Crippen molar-refractivity contribution in [2.24, 2.45) is 5.10 Å².